The SMILES string of the molecule is C=C(CC)[C@@]12O[C@@H]1[C@]1(C)[C@@H](CCC[C@H]1C)CC2=O. The minimum atomic E-state index is -0.592. The molecule has 2 nitrogen and oxygen atoms in total. The molecule has 2 heteroatoms. The summed E-state index contributed by atoms with van der Waals surface area (Å²) in [5.74, 6) is 1.48. The molecular formula is C16H24O2. The summed E-state index contributed by atoms with van der Waals surface area (Å²) in [7, 11) is 0. The fourth-order valence-corrected chi connectivity index (χ4v) is 4.52. The van der Waals surface area contributed by atoms with Crippen LogP contribution in [0.5, 0.6) is 0 Å². The number of carbonyl (C=O) groups excluding carboxylic acids is 1. The molecule has 0 aromatic heterocycles. The number of hydrogen-bond donors (Lipinski definition) is 0. The Bertz CT molecular complexity index is 413. The van der Waals surface area contributed by atoms with Gasteiger partial charge in [0.25, 0.3) is 0 Å². The van der Waals surface area contributed by atoms with E-state index in [9.17, 15) is 4.79 Å². The Morgan fingerprint density at radius 3 is 2.89 bits per heavy atom. The predicted molar refractivity (Wildman–Crippen MR) is 71.3 cm³/mol. The van der Waals surface area contributed by atoms with Gasteiger partial charge in [0.1, 0.15) is 6.10 Å². The number of epoxide rings is 1. The van der Waals surface area contributed by atoms with Crippen molar-refractivity contribution >= 4 is 5.78 Å². The van der Waals surface area contributed by atoms with E-state index in [1.807, 2.05) is 0 Å². The summed E-state index contributed by atoms with van der Waals surface area (Å²) < 4.78 is 6.02. The maximum atomic E-state index is 12.5. The van der Waals surface area contributed by atoms with E-state index in [1.54, 1.807) is 0 Å². The first-order valence-electron chi connectivity index (χ1n) is 7.37. The molecule has 3 rings (SSSR count). The van der Waals surface area contributed by atoms with Gasteiger partial charge in [-0.3, -0.25) is 4.79 Å². The van der Waals surface area contributed by atoms with Crippen LogP contribution in [-0.4, -0.2) is 17.5 Å². The highest BCUT2D eigenvalue weighted by Crippen LogP contribution is 2.65. The minimum Gasteiger partial charge on any atom is -0.352 e. The van der Waals surface area contributed by atoms with Gasteiger partial charge in [-0.2, -0.15) is 0 Å². The molecular weight excluding hydrogens is 224 g/mol. The first-order chi connectivity index (χ1) is 8.47. The molecule has 0 spiro atoms. The molecule has 0 aromatic carbocycles. The Balaban J connectivity index is 1.98. The van der Waals surface area contributed by atoms with Gasteiger partial charge in [0, 0.05) is 11.8 Å². The van der Waals surface area contributed by atoms with Crippen LogP contribution in [0.2, 0.25) is 0 Å². The van der Waals surface area contributed by atoms with E-state index in [0.29, 0.717) is 24.0 Å². The highest BCUT2D eigenvalue weighted by atomic mass is 16.6. The number of Topliss-reactive ketones (excluding diaryl/α,β-unsaturated/α-hetero) is 1. The summed E-state index contributed by atoms with van der Waals surface area (Å²) in [5, 5.41) is 0. The predicted octanol–water partition coefficient (Wildman–Crippen LogP) is 3.51. The molecule has 0 amide bonds. The maximum Gasteiger partial charge on any atom is 0.174 e. The van der Waals surface area contributed by atoms with Gasteiger partial charge < -0.3 is 4.74 Å². The summed E-state index contributed by atoms with van der Waals surface area (Å²) in [4.78, 5) is 12.5. The molecule has 0 bridgehead atoms. The molecule has 1 aliphatic heterocycles. The molecule has 0 aromatic rings. The molecule has 0 radical (unpaired) electrons. The van der Waals surface area contributed by atoms with E-state index < -0.39 is 5.60 Å². The zero-order valence-electron chi connectivity index (χ0n) is 11.8. The highest BCUT2D eigenvalue weighted by Gasteiger charge is 2.74. The minimum absolute atomic E-state index is 0.110. The Kier molecular flexibility index (Phi) is 2.54. The Labute approximate surface area is 110 Å². The number of ether oxygens (including phenoxy) is 1. The number of ketones is 1. The second-order valence-corrected chi connectivity index (χ2v) is 6.71. The van der Waals surface area contributed by atoms with Gasteiger partial charge in [-0.05, 0) is 30.3 Å². The van der Waals surface area contributed by atoms with E-state index in [0.717, 1.165) is 12.0 Å². The Hall–Kier alpha value is -0.630. The lowest BCUT2D eigenvalue weighted by molar-refractivity contribution is -0.128. The summed E-state index contributed by atoms with van der Waals surface area (Å²) in [6.07, 6.45) is 5.40. The molecule has 2 aliphatic carbocycles. The van der Waals surface area contributed by atoms with Crippen molar-refractivity contribution in [2.24, 2.45) is 17.3 Å². The van der Waals surface area contributed by atoms with Crippen molar-refractivity contribution in [2.75, 3.05) is 0 Å². The molecule has 1 heterocycles. The van der Waals surface area contributed by atoms with Crippen LogP contribution in [-0.2, 0) is 9.53 Å². The molecule has 0 unspecified atom stereocenters. The topological polar surface area (TPSA) is 29.6 Å². The second-order valence-electron chi connectivity index (χ2n) is 6.71. The van der Waals surface area contributed by atoms with Crippen molar-refractivity contribution in [3.8, 4) is 0 Å². The summed E-state index contributed by atoms with van der Waals surface area (Å²) >= 11 is 0. The zero-order valence-corrected chi connectivity index (χ0v) is 11.8. The summed E-state index contributed by atoms with van der Waals surface area (Å²) in [6.45, 7) is 10.9. The molecule has 3 aliphatic rings. The molecule has 5 atom stereocenters. The van der Waals surface area contributed by atoms with Crippen molar-refractivity contribution in [3.63, 3.8) is 0 Å². The first-order valence-corrected chi connectivity index (χ1v) is 7.37. The van der Waals surface area contributed by atoms with Crippen molar-refractivity contribution in [1.29, 1.82) is 0 Å². The summed E-state index contributed by atoms with van der Waals surface area (Å²) in [5.41, 5.74) is 0.588. The monoisotopic (exact) mass is 248 g/mol. The van der Waals surface area contributed by atoms with Gasteiger partial charge in [0.2, 0.25) is 0 Å². The van der Waals surface area contributed by atoms with E-state index in [4.69, 9.17) is 4.74 Å². The van der Waals surface area contributed by atoms with Crippen LogP contribution in [0.25, 0.3) is 0 Å². The normalized spacial score (nSPS) is 50.4. The van der Waals surface area contributed by atoms with Crippen LogP contribution in [0.4, 0.5) is 0 Å². The second kappa shape index (κ2) is 3.69. The van der Waals surface area contributed by atoms with E-state index >= 15 is 0 Å². The lowest BCUT2D eigenvalue weighted by Gasteiger charge is -2.48. The first kappa shape index (κ1) is 12.4. The van der Waals surface area contributed by atoms with Crippen LogP contribution in [0.15, 0.2) is 12.2 Å². The van der Waals surface area contributed by atoms with E-state index in [-0.39, 0.29) is 11.5 Å². The molecule has 3 fully saturated rings. The average Bonchev–Trinajstić information content (AvgIpc) is 3.11. The van der Waals surface area contributed by atoms with Gasteiger partial charge in [-0.25, -0.2) is 0 Å². The average molecular weight is 248 g/mol. The van der Waals surface area contributed by atoms with E-state index in [2.05, 4.69) is 27.4 Å². The number of hydrogen-bond acceptors (Lipinski definition) is 2. The van der Waals surface area contributed by atoms with Gasteiger partial charge in [0.05, 0.1) is 0 Å². The lowest BCUT2D eigenvalue weighted by Crippen LogP contribution is -2.52. The number of carbonyl (C=O) groups is 1. The standard InChI is InChI=1S/C16H24O2/c1-5-10(2)16-13(17)9-12-8-6-7-11(3)15(12,4)14(16)18-16/h11-12,14H,2,5-9H2,1,3-4H3/t11-,12+,14-,15+,16+/m1/s1. The summed E-state index contributed by atoms with van der Waals surface area (Å²) in [6, 6.07) is 0. The molecule has 18 heavy (non-hydrogen) atoms. The van der Waals surface area contributed by atoms with Crippen LogP contribution in [0, 0.1) is 17.3 Å². The molecule has 1 saturated heterocycles. The third-order valence-electron chi connectivity index (χ3n) is 6.11. The van der Waals surface area contributed by atoms with Crippen LogP contribution >= 0.6 is 0 Å². The number of rotatable bonds is 2. The highest BCUT2D eigenvalue weighted by molar-refractivity contribution is 5.95. The van der Waals surface area contributed by atoms with Gasteiger partial charge in [-0.1, -0.05) is 40.2 Å². The van der Waals surface area contributed by atoms with Gasteiger partial charge in [-0.15, -0.1) is 0 Å². The third-order valence-corrected chi connectivity index (χ3v) is 6.11. The van der Waals surface area contributed by atoms with Crippen molar-refractivity contribution in [2.45, 2.75) is 64.6 Å². The molecule has 2 saturated carbocycles. The maximum absolute atomic E-state index is 12.5. The van der Waals surface area contributed by atoms with Gasteiger partial charge in [0.15, 0.2) is 11.4 Å². The Morgan fingerprint density at radius 2 is 2.22 bits per heavy atom. The van der Waals surface area contributed by atoms with Crippen molar-refractivity contribution in [1.82, 2.24) is 0 Å². The largest absolute Gasteiger partial charge is 0.352 e. The van der Waals surface area contributed by atoms with Crippen LogP contribution in [0.1, 0.15) is 52.9 Å². The fourth-order valence-electron chi connectivity index (χ4n) is 4.52. The lowest BCUT2D eigenvalue weighted by atomic mass is 9.53. The quantitative estimate of drug-likeness (QED) is 0.553. The fraction of sp³-hybridized carbons (Fsp3) is 0.812. The van der Waals surface area contributed by atoms with Gasteiger partial charge >= 0.3 is 0 Å². The smallest absolute Gasteiger partial charge is 0.174 e. The van der Waals surface area contributed by atoms with Crippen LogP contribution < -0.4 is 0 Å². The van der Waals surface area contributed by atoms with Crippen molar-refractivity contribution < 1.29 is 9.53 Å². The number of fused-ring (bicyclic) bond motifs is 3. The zero-order chi connectivity index (χ0) is 13.1. The molecule has 0 N–H and O–H groups in total. The third kappa shape index (κ3) is 1.25. The van der Waals surface area contributed by atoms with Crippen LogP contribution in [0.3, 0.4) is 0 Å². The van der Waals surface area contributed by atoms with E-state index in [1.165, 1.54) is 19.3 Å². The molecule has 100 valence electrons. The van der Waals surface area contributed by atoms with Crippen molar-refractivity contribution in [3.05, 3.63) is 12.2 Å². The Morgan fingerprint density at radius 1 is 1.50 bits per heavy atom.